The first-order valence-corrected chi connectivity index (χ1v) is 24.4. The van der Waals surface area contributed by atoms with Gasteiger partial charge in [0.05, 0.1) is 29.2 Å². The number of nitrogens with zero attached hydrogens (tertiary/aromatic N) is 4. The van der Waals surface area contributed by atoms with Crippen molar-refractivity contribution in [1.82, 2.24) is 19.6 Å². The van der Waals surface area contributed by atoms with Crippen LogP contribution in [0, 0.1) is 38.5 Å². The summed E-state index contributed by atoms with van der Waals surface area (Å²) in [7, 11) is 0. The van der Waals surface area contributed by atoms with Crippen LogP contribution in [0.15, 0.2) is 114 Å². The fourth-order valence-electron chi connectivity index (χ4n) is 9.19. The van der Waals surface area contributed by atoms with Gasteiger partial charge < -0.3 is 11.1 Å². The number of aldehydes is 1. The lowest BCUT2D eigenvalue weighted by molar-refractivity contribution is -0.133. The third-order valence-electron chi connectivity index (χ3n) is 12.8. The first kappa shape index (κ1) is 52.7. The molecule has 1 saturated carbocycles. The summed E-state index contributed by atoms with van der Waals surface area (Å²) in [6.07, 6.45) is 3.57. The summed E-state index contributed by atoms with van der Waals surface area (Å²) in [5.41, 5.74) is 19.6. The smallest absolute Gasteiger partial charge is 0.162 e. The molecule has 9 rings (SSSR count). The van der Waals surface area contributed by atoms with E-state index in [-0.39, 0.29) is 51.3 Å². The molecule has 2 aliphatic carbocycles. The Morgan fingerprint density at radius 1 is 0.614 bits per heavy atom. The van der Waals surface area contributed by atoms with Crippen LogP contribution in [0.4, 0.5) is 11.6 Å². The van der Waals surface area contributed by atoms with Gasteiger partial charge in [0.15, 0.2) is 5.78 Å². The van der Waals surface area contributed by atoms with Crippen molar-refractivity contribution in [2.24, 2.45) is 10.8 Å². The summed E-state index contributed by atoms with van der Waals surface area (Å²) in [6.45, 7) is 29.6. The van der Waals surface area contributed by atoms with Crippen molar-refractivity contribution in [2.45, 2.75) is 146 Å². The number of anilines is 2. The molecule has 70 heavy (non-hydrogen) atoms. The van der Waals surface area contributed by atoms with Crippen molar-refractivity contribution >= 4 is 35.3 Å². The number of allylic oxidation sites excluding steroid dienone is 2. The molecule has 0 spiro atoms. The SMILES string of the molecule is CC1(C)CC(=O)CC(=O)C1.Cc1ccc(-n2nc(C(C)(C)C)cc2N)cc1.Cc1ccc(C2C3=C(CC(C)(C)CC3=O)Nc3c2c(C(C)(C)C)nn3-c2ccc(C)cc2)cc1.Cc1ccc(C=O)cc1. The number of hydrogen-bond acceptors (Lipinski definition) is 8. The molecule has 4 aromatic carbocycles. The molecular weight excluding hydrogens is 869 g/mol. The number of nitrogens with one attached hydrogen (secondary N) is 1. The molecule has 368 valence electrons. The molecule has 3 heterocycles. The van der Waals surface area contributed by atoms with Crippen LogP contribution >= 0.6 is 0 Å². The summed E-state index contributed by atoms with van der Waals surface area (Å²) in [5, 5.41) is 13.5. The molecule has 0 amide bonds. The number of aromatic nitrogens is 4. The number of nitrogen functional groups attached to an aromatic ring is 1. The van der Waals surface area contributed by atoms with Crippen LogP contribution in [0.5, 0.6) is 0 Å². The molecule has 0 bridgehead atoms. The van der Waals surface area contributed by atoms with Crippen LogP contribution in [-0.2, 0) is 25.2 Å². The summed E-state index contributed by atoms with van der Waals surface area (Å²) < 4.78 is 3.84. The van der Waals surface area contributed by atoms with Gasteiger partial charge in [0.1, 0.15) is 29.5 Å². The summed E-state index contributed by atoms with van der Waals surface area (Å²) in [4.78, 5) is 45.5. The van der Waals surface area contributed by atoms with Gasteiger partial charge in [0, 0.05) is 64.5 Å². The summed E-state index contributed by atoms with van der Waals surface area (Å²) >= 11 is 0. The van der Waals surface area contributed by atoms with E-state index >= 15 is 0 Å². The molecule has 3 N–H and O–H groups in total. The zero-order valence-corrected chi connectivity index (χ0v) is 44.0. The molecule has 10 nitrogen and oxygen atoms in total. The van der Waals surface area contributed by atoms with E-state index in [0.29, 0.717) is 25.1 Å². The second-order valence-electron chi connectivity index (χ2n) is 23.2. The van der Waals surface area contributed by atoms with Crippen LogP contribution in [0.1, 0.15) is 162 Å². The lowest BCUT2D eigenvalue weighted by atomic mass is 9.68. The molecule has 1 aliphatic heterocycles. The van der Waals surface area contributed by atoms with E-state index in [0.717, 1.165) is 69.2 Å². The topological polar surface area (TPSA) is 142 Å². The molecule has 6 aromatic rings. The second kappa shape index (κ2) is 20.7. The molecule has 3 aliphatic rings. The van der Waals surface area contributed by atoms with Gasteiger partial charge in [0.2, 0.25) is 0 Å². The average molecular weight is 943 g/mol. The zero-order valence-electron chi connectivity index (χ0n) is 44.0. The van der Waals surface area contributed by atoms with Gasteiger partial charge in [0.25, 0.3) is 0 Å². The lowest BCUT2D eigenvalue weighted by Crippen LogP contribution is -2.34. The monoisotopic (exact) mass is 943 g/mol. The van der Waals surface area contributed by atoms with Gasteiger partial charge in [-0.15, -0.1) is 0 Å². The minimum atomic E-state index is -0.181. The highest BCUT2D eigenvalue weighted by Gasteiger charge is 2.45. The number of hydrogen-bond donors (Lipinski definition) is 2. The van der Waals surface area contributed by atoms with E-state index in [4.69, 9.17) is 10.8 Å². The predicted octanol–water partition coefficient (Wildman–Crippen LogP) is 13.2. The Morgan fingerprint density at radius 3 is 1.51 bits per heavy atom. The number of nitrogens with two attached hydrogens (primary N) is 1. The van der Waals surface area contributed by atoms with E-state index in [1.54, 1.807) is 4.68 Å². The van der Waals surface area contributed by atoms with E-state index < -0.39 is 0 Å². The molecule has 0 radical (unpaired) electrons. The van der Waals surface area contributed by atoms with Gasteiger partial charge in [-0.05, 0) is 74.8 Å². The van der Waals surface area contributed by atoms with Gasteiger partial charge in [-0.3, -0.25) is 19.2 Å². The quantitative estimate of drug-likeness (QED) is 0.131. The predicted molar refractivity (Wildman–Crippen MR) is 284 cm³/mol. The standard InChI is InChI=1S/C30H35N3O.C14H19N3.C8H12O2.C8H8O/c1-18-8-12-20(13-9-18)24-25-22(16-30(6,7)17-23(25)34)31-28-26(24)27(29(3,4)5)32-33(28)21-14-10-19(2)11-15-21;1-10-5-7-11(8-6-10)17-13(15)9-12(16-17)14(2,3)4;1-8(2)4-6(9)3-7(10)5-8;1-7-2-4-8(6-9)5-3-7/h8-15,24,31H,16-17H2,1-7H3;5-9H,15H2,1-4H3;3-5H2,1-2H3;2-6H,1H3. The molecule has 1 fully saturated rings. The molecular formula is C60H74N6O4. The molecule has 10 heteroatoms. The summed E-state index contributed by atoms with van der Waals surface area (Å²) in [6, 6.07) is 34.7. The van der Waals surface area contributed by atoms with Crippen molar-refractivity contribution in [3.05, 3.63) is 165 Å². The first-order valence-electron chi connectivity index (χ1n) is 24.4. The van der Waals surface area contributed by atoms with Gasteiger partial charge in [-0.25, -0.2) is 9.36 Å². The highest BCUT2D eigenvalue weighted by atomic mass is 16.2. The largest absolute Gasteiger partial charge is 0.384 e. The third kappa shape index (κ3) is 12.9. The maximum atomic E-state index is 13.7. The van der Waals surface area contributed by atoms with E-state index in [9.17, 15) is 19.2 Å². The highest BCUT2D eigenvalue weighted by Crippen LogP contribution is 2.52. The van der Waals surface area contributed by atoms with Crippen LogP contribution < -0.4 is 11.1 Å². The minimum Gasteiger partial charge on any atom is -0.384 e. The van der Waals surface area contributed by atoms with Crippen molar-refractivity contribution in [3.63, 3.8) is 0 Å². The van der Waals surface area contributed by atoms with Crippen LogP contribution in [0.3, 0.4) is 0 Å². The number of carbonyl (C=O) groups is 4. The molecule has 1 atom stereocenters. The van der Waals surface area contributed by atoms with Gasteiger partial charge >= 0.3 is 0 Å². The van der Waals surface area contributed by atoms with Crippen LogP contribution in [-0.4, -0.2) is 43.2 Å². The highest BCUT2D eigenvalue weighted by molar-refractivity contribution is 6.02. The number of benzene rings is 4. The Bertz CT molecular complexity index is 2860. The maximum Gasteiger partial charge on any atom is 0.162 e. The number of aryl methyl sites for hydroxylation is 4. The normalized spacial score (nSPS) is 17.1. The summed E-state index contributed by atoms with van der Waals surface area (Å²) in [5.74, 6) is 1.99. The molecule has 0 saturated heterocycles. The van der Waals surface area contributed by atoms with E-state index in [1.807, 2.05) is 67.9 Å². The van der Waals surface area contributed by atoms with E-state index in [1.165, 1.54) is 22.3 Å². The lowest BCUT2D eigenvalue weighted by Gasteiger charge is -2.39. The van der Waals surface area contributed by atoms with Gasteiger partial charge in [-0.1, -0.05) is 164 Å². The fourth-order valence-corrected chi connectivity index (χ4v) is 9.19. The Morgan fingerprint density at radius 2 is 1.07 bits per heavy atom. The van der Waals surface area contributed by atoms with Crippen molar-refractivity contribution < 1.29 is 19.2 Å². The number of ketones is 3. The Kier molecular flexibility index (Phi) is 15.6. The first-order chi connectivity index (χ1) is 32.6. The number of fused-ring (bicyclic) bond motifs is 1. The van der Waals surface area contributed by atoms with Crippen LogP contribution in [0.2, 0.25) is 0 Å². The Labute approximate surface area is 416 Å². The maximum absolute atomic E-state index is 13.7. The molecule has 2 aromatic heterocycles. The second-order valence-corrected chi connectivity index (χ2v) is 23.2. The molecule has 1 unspecified atom stereocenters. The average Bonchev–Trinajstić information content (AvgIpc) is 3.85. The fraction of sp³-hybridized carbons (Fsp3) is 0.400. The zero-order chi connectivity index (χ0) is 51.5. The number of Topliss-reactive ketones (excluding diaryl/α,β-unsaturated/α-hetero) is 3. The van der Waals surface area contributed by atoms with Crippen molar-refractivity contribution in [3.8, 4) is 11.4 Å². The number of carbonyl (C=O) groups excluding carboxylic acids is 4. The number of rotatable bonds is 4. The Balaban J connectivity index is 0.000000183. The van der Waals surface area contributed by atoms with Gasteiger partial charge in [-0.2, -0.15) is 10.2 Å². The van der Waals surface area contributed by atoms with Crippen molar-refractivity contribution in [2.75, 3.05) is 11.1 Å². The third-order valence-corrected chi connectivity index (χ3v) is 12.8. The minimum absolute atomic E-state index is 0.0179. The van der Waals surface area contributed by atoms with E-state index in [2.05, 4.69) is 147 Å². The Hall–Kier alpha value is -6.68. The van der Waals surface area contributed by atoms with Crippen LogP contribution in [0.25, 0.3) is 11.4 Å². The van der Waals surface area contributed by atoms with Crippen molar-refractivity contribution in [1.29, 1.82) is 0 Å².